The summed E-state index contributed by atoms with van der Waals surface area (Å²) >= 11 is 12.9. The number of hydrogen-bond acceptors (Lipinski definition) is 6. The molecule has 3 aromatic rings. The number of hydrogen-bond donors (Lipinski definition) is 0. The number of nitrogens with zero attached hydrogens (tertiary/aromatic N) is 2. The van der Waals surface area contributed by atoms with Gasteiger partial charge in [0.05, 0.1) is 34.4 Å². The van der Waals surface area contributed by atoms with Gasteiger partial charge in [-0.3, -0.25) is 9.69 Å². The van der Waals surface area contributed by atoms with Gasteiger partial charge < -0.3 is 9.47 Å². The average Bonchev–Trinajstić information content (AvgIpc) is 3.10. The first-order valence-electron chi connectivity index (χ1n) is 9.93. The molecule has 9 heteroatoms. The molecule has 0 saturated carbocycles. The highest BCUT2D eigenvalue weighted by molar-refractivity contribution is 8.27. The second-order valence-electron chi connectivity index (χ2n) is 7.09. The quantitative estimate of drug-likeness (QED) is 0.284. The molecule has 0 aliphatic carbocycles. The maximum absolute atomic E-state index is 13.6. The number of carbonyl (C=O) groups excluding carboxylic acids is 1. The van der Waals surface area contributed by atoms with E-state index in [9.17, 15) is 14.4 Å². The first-order chi connectivity index (χ1) is 16.4. The summed E-state index contributed by atoms with van der Waals surface area (Å²) in [7, 11) is 1.48. The van der Waals surface area contributed by atoms with E-state index in [4.69, 9.17) is 33.3 Å². The van der Waals surface area contributed by atoms with Crippen LogP contribution in [0.15, 0.2) is 65.6 Å². The summed E-state index contributed by atoms with van der Waals surface area (Å²) in [6, 6.07) is 18.3. The summed E-state index contributed by atoms with van der Waals surface area (Å²) in [5.41, 5.74) is 2.19. The number of nitriles is 1. The van der Waals surface area contributed by atoms with Crippen molar-refractivity contribution in [3.8, 4) is 17.6 Å². The second kappa shape index (κ2) is 10.3. The van der Waals surface area contributed by atoms with Gasteiger partial charge in [-0.25, -0.2) is 4.39 Å². The maximum Gasteiger partial charge on any atom is 0.270 e. The lowest BCUT2D eigenvalue weighted by Gasteiger charge is -2.14. The number of ether oxygens (including phenoxy) is 2. The number of anilines is 1. The molecule has 0 atom stereocenters. The molecule has 0 aromatic heterocycles. The Kier molecular flexibility index (Phi) is 7.17. The van der Waals surface area contributed by atoms with Crippen LogP contribution in [0.2, 0.25) is 5.02 Å². The Balaban J connectivity index is 1.60. The standard InChI is InChI=1S/C25H16ClFN2O3S2/c1-31-21-10-15(9-20(26)23(21)32-14-17-6-3-2-5-16(17)13-28)11-22-24(30)29(25(33)34-22)19-8-4-7-18(27)12-19/h2-12H,14H2,1H3/b22-11+. The van der Waals surface area contributed by atoms with Crippen molar-refractivity contribution < 1.29 is 18.7 Å². The van der Waals surface area contributed by atoms with Gasteiger partial charge in [0.25, 0.3) is 5.91 Å². The minimum absolute atomic E-state index is 0.130. The lowest BCUT2D eigenvalue weighted by atomic mass is 10.1. The van der Waals surface area contributed by atoms with Crippen molar-refractivity contribution >= 4 is 57.6 Å². The molecule has 0 bridgehead atoms. The SMILES string of the molecule is COc1cc(/C=C2/SC(=S)N(c3cccc(F)c3)C2=O)cc(Cl)c1OCc1ccccc1C#N. The Labute approximate surface area is 210 Å². The first kappa shape index (κ1) is 23.8. The zero-order valence-corrected chi connectivity index (χ0v) is 20.1. The Morgan fingerprint density at radius 2 is 2.00 bits per heavy atom. The first-order valence-corrected chi connectivity index (χ1v) is 11.5. The zero-order valence-electron chi connectivity index (χ0n) is 17.7. The second-order valence-corrected chi connectivity index (χ2v) is 9.17. The van der Waals surface area contributed by atoms with E-state index < -0.39 is 5.82 Å². The van der Waals surface area contributed by atoms with E-state index in [1.165, 1.54) is 30.2 Å². The number of methoxy groups -OCH3 is 1. The number of benzene rings is 3. The lowest BCUT2D eigenvalue weighted by Crippen LogP contribution is -2.27. The smallest absolute Gasteiger partial charge is 0.270 e. The van der Waals surface area contributed by atoms with Gasteiger partial charge in [-0.15, -0.1) is 0 Å². The fourth-order valence-electron chi connectivity index (χ4n) is 3.33. The Morgan fingerprint density at radius 1 is 1.21 bits per heavy atom. The third-order valence-corrected chi connectivity index (χ3v) is 6.50. The van der Waals surface area contributed by atoms with E-state index in [-0.39, 0.29) is 17.5 Å². The zero-order chi connectivity index (χ0) is 24.2. The van der Waals surface area contributed by atoms with Crippen molar-refractivity contribution in [1.82, 2.24) is 0 Å². The van der Waals surface area contributed by atoms with Gasteiger partial charge in [0.2, 0.25) is 0 Å². The van der Waals surface area contributed by atoms with E-state index in [1.807, 2.05) is 6.07 Å². The molecule has 3 aromatic carbocycles. The summed E-state index contributed by atoms with van der Waals surface area (Å²) in [5, 5.41) is 9.54. The lowest BCUT2D eigenvalue weighted by molar-refractivity contribution is -0.113. The summed E-state index contributed by atoms with van der Waals surface area (Å²) in [4.78, 5) is 14.6. The van der Waals surface area contributed by atoms with Crippen LogP contribution in [0.3, 0.4) is 0 Å². The summed E-state index contributed by atoms with van der Waals surface area (Å²) in [5.74, 6) is -0.126. The largest absolute Gasteiger partial charge is 0.493 e. The van der Waals surface area contributed by atoms with Crippen LogP contribution >= 0.6 is 35.6 Å². The number of carbonyl (C=O) groups is 1. The van der Waals surface area contributed by atoms with Crippen molar-refractivity contribution in [2.45, 2.75) is 6.61 Å². The normalized spacial score (nSPS) is 14.4. The predicted molar refractivity (Wildman–Crippen MR) is 136 cm³/mol. The summed E-state index contributed by atoms with van der Waals surface area (Å²) < 4.78 is 25.3. The topological polar surface area (TPSA) is 62.6 Å². The highest BCUT2D eigenvalue weighted by Gasteiger charge is 2.33. The van der Waals surface area contributed by atoms with Crippen molar-refractivity contribution in [2.24, 2.45) is 0 Å². The molecule has 0 radical (unpaired) electrons. The van der Waals surface area contributed by atoms with Crippen LogP contribution in [-0.2, 0) is 11.4 Å². The average molecular weight is 511 g/mol. The highest BCUT2D eigenvalue weighted by atomic mass is 35.5. The third kappa shape index (κ3) is 4.92. The van der Waals surface area contributed by atoms with E-state index in [1.54, 1.807) is 42.5 Å². The molecule has 4 rings (SSSR count). The number of halogens is 2. The van der Waals surface area contributed by atoms with Gasteiger partial charge in [0, 0.05) is 5.56 Å². The number of thiocarbonyl (C=S) groups is 1. The molecular weight excluding hydrogens is 495 g/mol. The van der Waals surface area contributed by atoms with Crippen molar-refractivity contribution in [1.29, 1.82) is 5.26 Å². The van der Waals surface area contributed by atoms with Gasteiger partial charge in [0.1, 0.15) is 12.4 Å². The maximum atomic E-state index is 13.6. The van der Waals surface area contributed by atoms with Crippen LogP contribution in [0.25, 0.3) is 6.08 Å². The molecule has 0 spiro atoms. The fraction of sp³-hybridized carbons (Fsp3) is 0.0800. The molecule has 5 nitrogen and oxygen atoms in total. The Hall–Kier alpha value is -3.38. The fourth-order valence-corrected chi connectivity index (χ4v) is 4.90. The van der Waals surface area contributed by atoms with Crippen LogP contribution in [0, 0.1) is 17.1 Å². The van der Waals surface area contributed by atoms with Crippen molar-refractivity contribution in [3.05, 3.63) is 93.1 Å². The molecule has 1 saturated heterocycles. The molecule has 1 aliphatic heterocycles. The van der Waals surface area contributed by atoms with Gasteiger partial charge >= 0.3 is 0 Å². The molecule has 34 heavy (non-hydrogen) atoms. The highest BCUT2D eigenvalue weighted by Crippen LogP contribution is 2.40. The van der Waals surface area contributed by atoms with Crippen LogP contribution in [0.5, 0.6) is 11.5 Å². The minimum atomic E-state index is -0.458. The Bertz CT molecular complexity index is 1370. The molecule has 170 valence electrons. The molecular formula is C25H16ClFN2O3S2. The molecule has 1 heterocycles. The molecule has 0 N–H and O–H groups in total. The van der Waals surface area contributed by atoms with Crippen LogP contribution < -0.4 is 14.4 Å². The van der Waals surface area contributed by atoms with Crippen LogP contribution in [0.4, 0.5) is 10.1 Å². The summed E-state index contributed by atoms with van der Waals surface area (Å²) in [6.45, 7) is 0.130. The van der Waals surface area contributed by atoms with Gasteiger partial charge in [-0.2, -0.15) is 5.26 Å². The molecule has 0 unspecified atom stereocenters. The molecule has 1 aliphatic rings. The van der Waals surface area contributed by atoms with Gasteiger partial charge in [-0.05, 0) is 48.0 Å². The number of amides is 1. The number of rotatable bonds is 6. The van der Waals surface area contributed by atoms with E-state index in [0.29, 0.717) is 43.1 Å². The van der Waals surface area contributed by atoms with Crippen LogP contribution in [0.1, 0.15) is 16.7 Å². The van der Waals surface area contributed by atoms with E-state index >= 15 is 0 Å². The van der Waals surface area contributed by atoms with E-state index in [0.717, 1.165) is 11.8 Å². The third-order valence-electron chi connectivity index (χ3n) is 4.92. The van der Waals surface area contributed by atoms with E-state index in [2.05, 4.69) is 6.07 Å². The summed E-state index contributed by atoms with van der Waals surface area (Å²) in [6.07, 6.45) is 1.64. The van der Waals surface area contributed by atoms with Crippen molar-refractivity contribution in [2.75, 3.05) is 12.0 Å². The predicted octanol–water partition coefficient (Wildman–Crippen LogP) is 6.34. The van der Waals surface area contributed by atoms with Gasteiger partial charge in [0.15, 0.2) is 15.8 Å². The number of thioether (sulfide) groups is 1. The Morgan fingerprint density at radius 3 is 2.74 bits per heavy atom. The molecule has 1 amide bonds. The minimum Gasteiger partial charge on any atom is -0.493 e. The van der Waals surface area contributed by atoms with Crippen molar-refractivity contribution in [3.63, 3.8) is 0 Å². The molecule has 1 fully saturated rings. The van der Waals surface area contributed by atoms with Gasteiger partial charge in [-0.1, -0.05) is 59.8 Å². The monoisotopic (exact) mass is 510 g/mol. The van der Waals surface area contributed by atoms with Crippen LogP contribution in [-0.4, -0.2) is 17.3 Å².